The predicted molar refractivity (Wildman–Crippen MR) is 149 cm³/mol. The number of benzene rings is 4. The monoisotopic (exact) mass is 528 g/mol. The Balaban J connectivity index is 1.37. The maximum absolute atomic E-state index is 11.4. The van der Waals surface area contributed by atoms with Gasteiger partial charge in [-0.3, -0.25) is 4.79 Å². The van der Waals surface area contributed by atoms with Gasteiger partial charge in [0.15, 0.2) is 0 Å². The number of imidazole rings is 1. The number of carboxylic acids is 1. The summed E-state index contributed by atoms with van der Waals surface area (Å²) in [6.07, 6.45) is 5.39. The summed E-state index contributed by atoms with van der Waals surface area (Å²) in [5.74, 6) is 0.355. The van der Waals surface area contributed by atoms with Crippen molar-refractivity contribution < 1.29 is 14.6 Å². The molecule has 5 rings (SSSR count). The van der Waals surface area contributed by atoms with Crippen LogP contribution >= 0.6 is 23.2 Å². The molecule has 0 aliphatic carbocycles. The highest BCUT2D eigenvalue weighted by molar-refractivity contribution is 6.36. The van der Waals surface area contributed by atoms with Gasteiger partial charge in [0, 0.05) is 16.8 Å². The van der Waals surface area contributed by atoms with E-state index in [1.807, 2.05) is 66.7 Å². The molecule has 0 saturated heterocycles. The summed E-state index contributed by atoms with van der Waals surface area (Å²) < 4.78 is 7.52. The van der Waals surface area contributed by atoms with Crippen molar-refractivity contribution in [2.45, 2.75) is 13.2 Å². The molecule has 0 radical (unpaired) electrons. The largest absolute Gasteiger partial charge is 0.489 e. The Labute approximate surface area is 224 Å². The number of nitrogens with zero attached hydrogens (tertiary/aromatic N) is 2. The normalized spacial score (nSPS) is 11.3. The number of fused-ring (bicyclic) bond motifs is 1. The number of halogens is 2. The molecule has 0 spiro atoms. The first-order valence-corrected chi connectivity index (χ1v) is 12.3. The molecule has 0 aliphatic heterocycles. The highest BCUT2D eigenvalue weighted by atomic mass is 35.5. The third-order valence-corrected chi connectivity index (χ3v) is 6.38. The molecule has 0 atom stereocenters. The Bertz CT molecular complexity index is 1610. The minimum Gasteiger partial charge on any atom is -0.489 e. The second-order valence-corrected chi connectivity index (χ2v) is 9.35. The Morgan fingerprint density at radius 2 is 1.70 bits per heavy atom. The van der Waals surface area contributed by atoms with Crippen LogP contribution in [0.5, 0.6) is 5.75 Å². The molecule has 0 bridgehead atoms. The van der Waals surface area contributed by atoms with E-state index < -0.39 is 5.97 Å². The van der Waals surface area contributed by atoms with E-state index in [2.05, 4.69) is 11.1 Å². The zero-order valence-electron chi connectivity index (χ0n) is 19.6. The number of rotatable bonds is 8. The van der Waals surface area contributed by atoms with Gasteiger partial charge in [0.05, 0.1) is 10.7 Å². The number of carbonyl (C=O) groups is 1. The number of ether oxygens (including phenoxy) is 1. The van der Waals surface area contributed by atoms with Gasteiger partial charge in [-0.05, 0) is 64.4 Å². The van der Waals surface area contributed by atoms with Crippen LogP contribution in [0.15, 0.2) is 91.1 Å². The third kappa shape index (κ3) is 6.02. The van der Waals surface area contributed by atoms with Crippen LogP contribution in [0.3, 0.4) is 0 Å². The number of aliphatic carboxylic acids is 1. The summed E-state index contributed by atoms with van der Waals surface area (Å²) in [6.45, 7) is 0.292. The lowest BCUT2D eigenvalue weighted by molar-refractivity contribution is -0.137. The molecule has 1 N–H and O–H groups in total. The molecule has 0 fully saturated rings. The van der Waals surface area contributed by atoms with Gasteiger partial charge in [0.2, 0.25) is 0 Å². The van der Waals surface area contributed by atoms with E-state index in [9.17, 15) is 9.90 Å². The van der Waals surface area contributed by atoms with Crippen molar-refractivity contribution in [2.24, 2.45) is 0 Å². The second-order valence-electron chi connectivity index (χ2n) is 8.51. The van der Waals surface area contributed by atoms with Crippen LogP contribution < -0.4 is 4.74 Å². The average molecular weight is 529 g/mol. The van der Waals surface area contributed by atoms with Crippen molar-refractivity contribution in [1.29, 1.82) is 0 Å². The Morgan fingerprint density at radius 1 is 0.919 bits per heavy atom. The van der Waals surface area contributed by atoms with E-state index in [1.54, 1.807) is 35.0 Å². The van der Waals surface area contributed by atoms with Gasteiger partial charge in [0.25, 0.3) is 0 Å². The highest BCUT2D eigenvalue weighted by Gasteiger charge is 2.13. The van der Waals surface area contributed by atoms with Crippen molar-refractivity contribution >= 4 is 52.1 Å². The Hall–Kier alpha value is -4.06. The van der Waals surface area contributed by atoms with Crippen LogP contribution in [0.4, 0.5) is 0 Å². The summed E-state index contributed by atoms with van der Waals surface area (Å²) in [5, 5.41) is 12.5. The maximum Gasteiger partial charge on any atom is 0.323 e. The quantitative estimate of drug-likeness (QED) is 0.222. The van der Waals surface area contributed by atoms with Gasteiger partial charge in [-0.25, -0.2) is 4.98 Å². The zero-order chi connectivity index (χ0) is 25.8. The first kappa shape index (κ1) is 24.6. The van der Waals surface area contributed by atoms with Crippen molar-refractivity contribution in [3.63, 3.8) is 0 Å². The molecule has 0 aliphatic rings. The van der Waals surface area contributed by atoms with Crippen molar-refractivity contribution in [2.75, 3.05) is 0 Å². The molecule has 0 saturated carbocycles. The van der Waals surface area contributed by atoms with Gasteiger partial charge >= 0.3 is 5.97 Å². The minimum atomic E-state index is -0.961. The minimum absolute atomic E-state index is 0.221. The molecule has 0 amide bonds. The van der Waals surface area contributed by atoms with Gasteiger partial charge < -0.3 is 14.4 Å². The molecule has 7 heteroatoms. The van der Waals surface area contributed by atoms with E-state index in [0.717, 1.165) is 27.6 Å². The molecule has 5 nitrogen and oxygen atoms in total. The first-order chi connectivity index (χ1) is 17.9. The van der Waals surface area contributed by atoms with Crippen molar-refractivity contribution in [1.82, 2.24) is 9.55 Å². The Morgan fingerprint density at radius 3 is 2.49 bits per heavy atom. The zero-order valence-corrected chi connectivity index (χ0v) is 21.2. The fourth-order valence-electron chi connectivity index (χ4n) is 4.01. The molecule has 5 aromatic rings. The lowest BCUT2D eigenvalue weighted by atomic mass is 10.1. The summed E-state index contributed by atoms with van der Waals surface area (Å²) in [4.78, 5) is 16.1. The predicted octanol–water partition coefficient (Wildman–Crippen LogP) is 7.84. The van der Waals surface area contributed by atoms with Crippen LogP contribution in [0.1, 0.15) is 17.0 Å². The number of hydrogen-bond acceptors (Lipinski definition) is 3. The van der Waals surface area contributed by atoms with Crippen molar-refractivity contribution in [3.8, 4) is 17.0 Å². The molecular formula is C30H22Cl2N2O3. The molecule has 1 aromatic heterocycles. The van der Waals surface area contributed by atoms with Crippen LogP contribution in [-0.2, 0) is 17.9 Å². The molecule has 1 heterocycles. The summed E-state index contributed by atoms with van der Waals surface area (Å²) in [5.41, 5.74) is 3.33. The average Bonchev–Trinajstić information content (AvgIpc) is 3.28. The molecular weight excluding hydrogens is 507 g/mol. The highest BCUT2D eigenvalue weighted by Crippen LogP contribution is 2.30. The number of hydrogen-bond donors (Lipinski definition) is 1. The van der Waals surface area contributed by atoms with Gasteiger partial charge in [-0.2, -0.15) is 0 Å². The summed E-state index contributed by atoms with van der Waals surface area (Å²) >= 11 is 12.4. The fourth-order valence-corrected chi connectivity index (χ4v) is 4.52. The summed E-state index contributed by atoms with van der Waals surface area (Å²) in [6, 6.07) is 27.3. The summed E-state index contributed by atoms with van der Waals surface area (Å²) in [7, 11) is 0. The number of carboxylic acid groups (broad SMARTS) is 1. The van der Waals surface area contributed by atoms with Crippen molar-refractivity contribution in [3.05, 3.63) is 118 Å². The molecule has 4 aromatic carbocycles. The third-order valence-electron chi connectivity index (χ3n) is 5.83. The Kier molecular flexibility index (Phi) is 7.26. The lowest BCUT2D eigenvalue weighted by Gasteiger charge is -2.08. The van der Waals surface area contributed by atoms with Crippen LogP contribution in [0.2, 0.25) is 10.0 Å². The van der Waals surface area contributed by atoms with E-state index in [-0.39, 0.29) is 6.54 Å². The second kappa shape index (κ2) is 10.9. The number of aromatic nitrogens is 2. The topological polar surface area (TPSA) is 64.3 Å². The standard InChI is InChI=1S/C30H22Cl2N2O3/c31-24-10-12-26(27(32)16-24)28-17-34(18-30(35)36)29(33-28)13-7-20-6-8-23-15-25(11-9-22(23)14-20)37-19-21-4-2-1-3-5-21/h1-17H,18-19H2,(H,35,36). The van der Waals surface area contributed by atoms with Crippen LogP contribution in [0.25, 0.3) is 34.2 Å². The first-order valence-electron chi connectivity index (χ1n) is 11.6. The fraction of sp³-hybridized carbons (Fsp3) is 0.0667. The van der Waals surface area contributed by atoms with Crippen LogP contribution in [0, 0.1) is 0 Å². The van der Waals surface area contributed by atoms with E-state index >= 15 is 0 Å². The lowest BCUT2D eigenvalue weighted by Crippen LogP contribution is -2.09. The van der Waals surface area contributed by atoms with Gasteiger partial charge in [-0.1, -0.05) is 77.8 Å². The molecule has 37 heavy (non-hydrogen) atoms. The van der Waals surface area contributed by atoms with Crippen LogP contribution in [-0.4, -0.2) is 20.6 Å². The smallest absolute Gasteiger partial charge is 0.323 e. The molecule has 0 unspecified atom stereocenters. The SMILES string of the molecule is O=C(O)Cn1cc(-c2ccc(Cl)cc2Cl)nc1C=Cc1ccc2cc(OCc3ccccc3)ccc2c1. The maximum atomic E-state index is 11.4. The van der Waals surface area contributed by atoms with Gasteiger partial charge in [0.1, 0.15) is 24.7 Å². The van der Waals surface area contributed by atoms with E-state index in [4.69, 9.17) is 27.9 Å². The van der Waals surface area contributed by atoms with E-state index in [1.165, 1.54) is 0 Å². The van der Waals surface area contributed by atoms with Gasteiger partial charge in [-0.15, -0.1) is 0 Å². The van der Waals surface area contributed by atoms with E-state index in [0.29, 0.717) is 33.7 Å². The molecule has 184 valence electrons.